The van der Waals surface area contributed by atoms with E-state index in [9.17, 15) is 39.6 Å². The summed E-state index contributed by atoms with van der Waals surface area (Å²) in [7, 11) is -3.54. The second kappa shape index (κ2) is 7.98. The molecule has 13 heteroatoms. The van der Waals surface area contributed by atoms with Gasteiger partial charge in [0.2, 0.25) is 0 Å². The molecule has 5 nitrogen and oxygen atoms in total. The lowest BCUT2D eigenvalue weighted by Gasteiger charge is -2.26. The molecule has 3 atom stereocenters. The van der Waals surface area contributed by atoms with Crippen molar-refractivity contribution in [1.82, 2.24) is 0 Å². The molecule has 0 bridgehead atoms. The molecule has 1 aromatic carbocycles. The Hall–Kier alpha value is -1.76. The van der Waals surface area contributed by atoms with Gasteiger partial charge in [-0.05, 0) is 24.6 Å². The average molecular weight is 488 g/mol. The molecule has 2 heterocycles. The van der Waals surface area contributed by atoms with Crippen molar-refractivity contribution in [3.05, 3.63) is 29.3 Å². The van der Waals surface area contributed by atoms with Gasteiger partial charge >= 0.3 is 12.4 Å². The maximum atomic E-state index is 13.3. The first-order chi connectivity index (χ1) is 14.1. The van der Waals surface area contributed by atoms with Gasteiger partial charge in [0.05, 0.1) is 28.7 Å². The number of amides is 1. The molecule has 0 spiro atoms. The summed E-state index contributed by atoms with van der Waals surface area (Å²) in [5.74, 6) is -1.86. The maximum absolute atomic E-state index is 13.3. The van der Waals surface area contributed by atoms with Crippen molar-refractivity contribution in [3.63, 3.8) is 0 Å². The van der Waals surface area contributed by atoms with Gasteiger partial charge in [-0.1, -0.05) is 25.6 Å². The van der Waals surface area contributed by atoms with E-state index in [1.165, 1.54) is 0 Å². The van der Waals surface area contributed by atoms with Crippen molar-refractivity contribution < 1.29 is 39.6 Å². The summed E-state index contributed by atoms with van der Waals surface area (Å²) in [4.78, 5) is 17.3. The van der Waals surface area contributed by atoms with E-state index in [1.807, 2.05) is 0 Å². The van der Waals surface area contributed by atoms with Gasteiger partial charge in [0.25, 0.3) is 5.91 Å². The summed E-state index contributed by atoms with van der Waals surface area (Å²) in [6, 6.07) is 0.109. The Morgan fingerprint density at radius 1 is 1.13 bits per heavy atom. The number of fused-ring (bicyclic) bond motifs is 1. The molecule has 3 rings (SSSR count). The predicted molar refractivity (Wildman–Crippen MR) is 105 cm³/mol. The molecular weight excluding hydrogens is 470 g/mol. The number of amidine groups is 1. The molecule has 0 aliphatic carbocycles. The molecule has 0 aromatic heterocycles. The SMILES string of the molecule is CC[C@H](C)C(=O)N=C1S[C@H]2CS(=O)(=O)C[C@@H]2N1c1cc(C(F)(F)F)cc(C(F)(F)F)c1. The van der Waals surface area contributed by atoms with Crippen LogP contribution in [0, 0.1) is 5.92 Å². The van der Waals surface area contributed by atoms with Gasteiger partial charge in [-0.25, -0.2) is 8.42 Å². The molecule has 2 aliphatic heterocycles. The highest BCUT2D eigenvalue weighted by Crippen LogP contribution is 2.44. The fourth-order valence-corrected chi connectivity index (χ4v) is 7.24. The monoisotopic (exact) mass is 488 g/mol. The number of halogens is 6. The van der Waals surface area contributed by atoms with E-state index >= 15 is 0 Å². The van der Waals surface area contributed by atoms with Crippen LogP contribution in [-0.4, -0.2) is 42.3 Å². The van der Waals surface area contributed by atoms with E-state index in [2.05, 4.69) is 4.99 Å². The van der Waals surface area contributed by atoms with Crippen LogP contribution < -0.4 is 4.90 Å². The van der Waals surface area contributed by atoms with Crippen LogP contribution in [0.3, 0.4) is 0 Å². The Balaban J connectivity index is 2.17. The lowest BCUT2D eigenvalue weighted by atomic mass is 10.1. The zero-order valence-electron chi connectivity index (χ0n) is 16.3. The fraction of sp³-hybridized carbons (Fsp3) is 0.556. The Morgan fingerprint density at radius 3 is 2.16 bits per heavy atom. The van der Waals surface area contributed by atoms with Crippen molar-refractivity contribution in [2.75, 3.05) is 16.4 Å². The number of rotatable bonds is 3. The van der Waals surface area contributed by atoms with E-state index in [1.54, 1.807) is 13.8 Å². The minimum Gasteiger partial charge on any atom is -0.316 e. The van der Waals surface area contributed by atoms with Crippen molar-refractivity contribution >= 4 is 38.4 Å². The fourth-order valence-electron chi connectivity index (χ4n) is 3.32. The highest BCUT2D eigenvalue weighted by Gasteiger charge is 2.50. The highest BCUT2D eigenvalue weighted by atomic mass is 32.2. The number of carbonyl (C=O) groups is 1. The number of hydrogen-bond donors (Lipinski definition) is 0. The average Bonchev–Trinajstić information content (AvgIpc) is 3.09. The van der Waals surface area contributed by atoms with Gasteiger partial charge in [0, 0.05) is 16.9 Å². The van der Waals surface area contributed by atoms with Crippen LogP contribution in [0.2, 0.25) is 0 Å². The van der Waals surface area contributed by atoms with Crippen molar-refractivity contribution in [2.24, 2.45) is 10.9 Å². The van der Waals surface area contributed by atoms with E-state index < -0.39 is 67.9 Å². The normalized spacial score (nSPS) is 25.7. The van der Waals surface area contributed by atoms with Gasteiger partial charge < -0.3 is 4.90 Å². The first-order valence-electron chi connectivity index (χ1n) is 9.20. The molecule has 2 saturated heterocycles. The van der Waals surface area contributed by atoms with Crippen LogP contribution in [0.15, 0.2) is 23.2 Å². The van der Waals surface area contributed by atoms with Crippen LogP contribution in [0.25, 0.3) is 0 Å². The van der Waals surface area contributed by atoms with Gasteiger partial charge in [-0.3, -0.25) is 4.79 Å². The van der Waals surface area contributed by atoms with Crippen molar-refractivity contribution in [1.29, 1.82) is 0 Å². The number of hydrogen-bond acceptors (Lipinski definition) is 4. The number of thioether (sulfide) groups is 1. The zero-order valence-corrected chi connectivity index (χ0v) is 17.9. The molecule has 0 N–H and O–H groups in total. The molecule has 1 amide bonds. The number of benzene rings is 1. The van der Waals surface area contributed by atoms with E-state index in [0.717, 1.165) is 16.7 Å². The van der Waals surface area contributed by atoms with Crippen LogP contribution in [0.5, 0.6) is 0 Å². The molecule has 2 fully saturated rings. The van der Waals surface area contributed by atoms with E-state index in [-0.39, 0.29) is 17.0 Å². The molecule has 1 aromatic rings. The molecular formula is C18H18F6N2O3S2. The summed E-state index contributed by atoms with van der Waals surface area (Å²) in [5.41, 5.74) is -3.56. The summed E-state index contributed by atoms with van der Waals surface area (Å²) in [5, 5.41) is -0.750. The second-order valence-electron chi connectivity index (χ2n) is 7.48. The maximum Gasteiger partial charge on any atom is 0.416 e. The Bertz CT molecular complexity index is 988. The summed E-state index contributed by atoms with van der Waals surface area (Å²) in [6.07, 6.45) is -9.69. The molecule has 0 saturated carbocycles. The van der Waals surface area contributed by atoms with E-state index in [4.69, 9.17) is 0 Å². The summed E-state index contributed by atoms with van der Waals surface area (Å²) >= 11 is 0.883. The van der Waals surface area contributed by atoms with Crippen molar-refractivity contribution in [2.45, 2.75) is 43.9 Å². The third-order valence-electron chi connectivity index (χ3n) is 5.16. The Kier molecular flexibility index (Phi) is 6.15. The second-order valence-corrected chi connectivity index (χ2v) is 10.8. The lowest BCUT2D eigenvalue weighted by Crippen LogP contribution is -2.38. The smallest absolute Gasteiger partial charge is 0.316 e. The number of nitrogens with zero attached hydrogens (tertiary/aromatic N) is 2. The van der Waals surface area contributed by atoms with Crippen LogP contribution in [0.1, 0.15) is 31.4 Å². The van der Waals surface area contributed by atoms with Gasteiger partial charge in [-0.15, -0.1) is 0 Å². The van der Waals surface area contributed by atoms with Gasteiger partial charge in [0.1, 0.15) is 0 Å². The quantitative estimate of drug-likeness (QED) is 0.592. The summed E-state index contributed by atoms with van der Waals surface area (Å²) in [6.45, 7) is 3.32. The Morgan fingerprint density at radius 2 is 1.68 bits per heavy atom. The third kappa shape index (κ3) is 5.02. The standard InChI is InChI=1S/C18H18F6N2O3S2/c1-3-9(2)15(27)25-16-26(13-7-31(28,29)8-14(13)30-16)12-5-10(17(19,20)21)4-11(6-12)18(22,23)24/h4-6,9,13-14H,3,7-8H2,1-2H3/t9-,13-,14-/m0/s1. The highest BCUT2D eigenvalue weighted by molar-refractivity contribution is 8.16. The molecule has 172 valence electrons. The van der Waals surface area contributed by atoms with Gasteiger partial charge in [-0.2, -0.15) is 31.3 Å². The minimum atomic E-state index is -5.06. The molecule has 31 heavy (non-hydrogen) atoms. The number of aliphatic imine (C=N–C) groups is 1. The molecule has 0 unspecified atom stereocenters. The minimum absolute atomic E-state index is 0.00326. The van der Waals surface area contributed by atoms with Gasteiger partial charge in [0.15, 0.2) is 15.0 Å². The number of sulfone groups is 1. The number of carbonyl (C=O) groups excluding carboxylic acids is 1. The van der Waals surface area contributed by atoms with E-state index in [0.29, 0.717) is 18.6 Å². The third-order valence-corrected chi connectivity index (χ3v) is 8.37. The first kappa shape index (κ1) is 23.9. The summed E-state index contributed by atoms with van der Waals surface area (Å²) < 4.78 is 104. The predicted octanol–water partition coefficient (Wildman–Crippen LogP) is 4.37. The Labute approximate surface area is 178 Å². The molecule has 2 aliphatic rings. The number of alkyl halides is 6. The first-order valence-corrected chi connectivity index (χ1v) is 11.9. The van der Waals surface area contributed by atoms with Crippen LogP contribution >= 0.6 is 11.8 Å². The molecule has 0 radical (unpaired) electrons. The number of anilines is 1. The van der Waals surface area contributed by atoms with Crippen molar-refractivity contribution in [3.8, 4) is 0 Å². The van der Waals surface area contributed by atoms with Crippen LogP contribution in [-0.2, 0) is 27.0 Å². The largest absolute Gasteiger partial charge is 0.416 e. The zero-order chi connectivity index (χ0) is 23.4. The lowest BCUT2D eigenvalue weighted by molar-refractivity contribution is -0.143. The van der Waals surface area contributed by atoms with Crippen LogP contribution in [0.4, 0.5) is 32.0 Å². The topological polar surface area (TPSA) is 66.8 Å².